The topological polar surface area (TPSA) is 84.0 Å². The number of rotatable bonds is 4. The summed E-state index contributed by atoms with van der Waals surface area (Å²) in [5, 5.41) is 0.485. The van der Waals surface area contributed by atoms with Gasteiger partial charge in [0.2, 0.25) is 5.91 Å². The van der Waals surface area contributed by atoms with Gasteiger partial charge in [0, 0.05) is 12.2 Å². The Balaban J connectivity index is 1.73. The van der Waals surface area contributed by atoms with Crippen LogP contribution in [0.2, 0.25) is 0 Å². The van der Waals surface area contributed by atoms with Crippen molar-refractivity contribution < 1.29 is 24.0 Å². The first kappa shape index (κ1) is 16.5. The van der Waals surface area contributed by atoms with Crippen molar-refractivity contribution in [3.8, 4) is 0 Å². The van der Waals surface area contributed by atoms with Gasteiger partial charge in [0.25, 0.3) is 11.8 Å². The second-order valence-electron chi connectivity index (χ2n) is 5.49. The van der Waals surface area contributed by atoms with E-state index < -0.39 is 23.8 Å². The molecular formula is C16H16N2O5S. The monoisotopic (exact) mass is 348 g/mol. The molecule has 8 heteroatoms. The quantitative estimate of drug-likeness (QED) is 0.766. The van der Waals surface area contributed by atoms with Crippen LogP contribution in [0.1, 0.15) is 40.5 Å². The van der Waals surface area contributed by atoms with Crippen molar-refractivity contribution in [2.24, 2.45) is 0 Å². The lowest BCUT2D eigenvalue weighted by Crippen LogP contribution is -2.45. The Morgan fingerprint density at radius 1 is 1.21 bits per heavy atom. The minimum atomic E-state index is -0.779. The summed E-state index contributed by atoms with van der Waals surface area (Å²) in [7, 11) is 0. The number of hydrogen-bond acceptors (Lipinski definition) is 6. The molecule has 1 saturated heterocycles. The lowest BCUT2D eigenvalue weighted by atomic mass is 10.1. The van der Waals surface area contributed by atoms with Crippen LogP contribution >= 0.6 is 11.8 Å². The summed E-state index contributed by atoms with van der Waals surface area (Å²) in [6, 6.07) is 5.50. The minimum absolute atomic E-state index is 0.133. The van der Waals surface area contributed by atoms with Gasteiger partial charge in [-0.25, -0.2) is 4.79 Å². The lowest BCUT2D eigenvalue weighted by Gasteiger charge is -2.23. The molecule has 1 aromatic rings. The van der Waals surface area contributed by atoms with E-state index in [0.717, 1.165) is 0 Å². The number of carbonyl (C=O) groups is 4. The molecule has 2 heterocycles. The first-order valence-corrected chi connectivity index (χ1v) is 8.77. The number of thioether (sulfide) groups is 1. The van der Waals surface area contributed by atoms with Crippen LogP contribution < -0.4 is 0 Å². The summed E-state index contributed by atoms with van der Waals surface area (Å²) in [6.45, 7) is 1.88. The standard InChI is InChI=1S/C16H16N2O5S/c1-2-5-13(19)17-9-24-8-12(17)16(22)23-18-14(20)10-6-3-4-7-11(10)15(18)21/h3-4,6-7,12H,2,5,8-9H2,1H3. The van der Waals surface area contributed by atoms with Crippen LogP contribution in [-0.2, 0) is 14.4 Å². The number of carbonyl (C=O) groups excluding carboxylic acids is 4. The van der Waals surface area contributed by atoms with Crippen molar-refractivity contribution in [3.05, 3.63) is 35.4 Å². The smallest absolute Gasteiger partial charge is 0.327 e. The van der Waals surface area contributed by atoms with E-state index in [1.54, 1.807) is 12.1 Å². The summed E-state index contributed by atoms with van der Waals surface area (Å²) >= 11 is 1.44. The van der Waals surface area contributed by atoms with Crippen LogP contribution in [-0.4, -0.2) is 51.3 Å². The van der Waals surface area contributed by atoms with Gasteiger partial charge < -0.3 is 9.74 Å². The molecule has 2 aliphatic heterocycles. The Labute approximate surface area is 142 Å². The van der Waals surface area contributed by atoms with E-state index >= 15 is 0 Å². The molecule has 1 aromatic carbocycles. The highest BCUT2D eigenvalue weighted by atomic mass is 32.2. The van der Waals surface area contributed by atoms with Gasteiger partial charge >= 0.3 is 5.97 Å². The zero-order chi connectivity index (χ0) is 17.3. The summed E-state index contributed by atoms with van der Waals surface area (Å²) in [6.07, 6.45) is 1.03. The van der Waals surface area contributed by atoms with Crippen LogP contribution in [0.15, 0.2) is 24.3 Å². The van der Waals surface area contributed by atoms with Gasteiger partial charge in [0.1, 0.15) is 6.04 Å². The van der Waals surface area contributed by atoms with Gasteiger partial charge in [0.05, 0.1) is 17.0 Å². The summed E-state index contributed by atoms with van der Waals surface area (Å²) in [5.74, 6) is -1.44. The highest BCUT2D eigenvalue weighted by Gasteiger charge is 2.42. The van der Waals surface area contributed by atoms with Crippen LogP contribution in [0.4, 0.5) is 0 Å². The number of imide groups is 1. The van der Waals surface area contributed by atoms with E-state index in [0.29, 0.717) is 29.5 Å². The Morgan fingerprint density at radius 2 is 1.83 bits per heavy atom. The van der Waals surface area contributed by atoms with Crippen LogP contribution in [0, 0.1) is 0 Å². The highest BCUT2D eigenvalue weighted by molar-refractivity contribution is 7.99. The summed E-state index contributed by atoms with van der Waals surface area (Å²) in [4.78, 5) is 55.4. The van der Waals surface area contributed by atoms with E-state index in [9.17, 15) is 19.2 Å². The number of nitrogens with zero attached hydrogens (tertiary/aromatic N) is 2. The fraction of sp³-hybridized carbons (Fsp3) is 0.375. The highest BCUT2D eigenvalue weighted by Crippen LogP contribution is 2.26. The third-order valence-corrected chi connectivity index (χ3v) is 4.89. The van der Waals surface area contributed by atoms with Crippen molar-refractivity contribution in [2.75, 3.05) is 11.6 Å². The molecular weight excluding hydrogens is 332 g/mol. The molecule has 0 saturated carbocycles. The number of hydroxylamine groups is 2. The van der Waals surface area contributed by atoms with Crippen molar-refractivity contribution in [1.29, 1.82) is 0 Å². The fourth-order valence-corrected chi connectivity index (χ4v) is 3.81. The fourth-order valence-electron chi connectivity index (χ4n) is 2.64. The van der Waals surface area contributed by atoms with Crippen molar-refractivity contribution >= 4 is 35.5 Å². The number of benzene rings is 1. The number of amides is 3. The van der Waals surface area contributed by atoms with Gasteiger partial charge in [-0.2, -0.15) is 0 Å². The van der Waals surface area contributed by atoms with Crippen molar-refractivity contribution in [3.63, 3.8) is 0 Å². The molecule has 0 aromatic heterocycles. The van der Waals surface area contributed by atoms with Crippen LogP contribution in [0.25, 0.3) is 0 Å². The maximum absolute atomic E-state index is 12.4. The average Bonchev–Trinajstić information content (AvgIpc) is 3.16. The Kier molecular flexibility index (Phi) is 4.57. The van der Waals surface area contributed by atoms with E-state index in [1.165, 1.54) is 28.8 Å². The third kappa shape index (κ3) is 2.77. The molecule has 0 radical (unpaired) electrons. The van der Waals surface area contributed by atoms with Gasteiger partial charge in [-0.15, -0.1) is 11.8 Å². The molecule has 24 heavy (non-hydrogen) atoms. The molecule has 3 rings (SSSR count). The Morgan fingerprint density at radius 3 is 2.42 bits per heavy atom. The summed E-state index contributed by atoms with van der Waals surface area (Å²) in [5.41, 5.74) is 0.407. The normalized spacial score (nSPS) is 19.6. The average molecular weight is 348 g/mol. The molecule has 0 N–H and O–H groups in total. The maximum Gasteiger partial charge on any atom is 0.356 e. The van der Waals surface area contributed by atoms with Gasteiger partial charge in [0.15, 0.2) is 0 Å². The number of fused-ring (bicyclic) bond motifs is 1. The second kappa shape index (κ2) is 6.64. The molecule has 3 amide bonds. The van der Waals surface area contributed by atoms with E-state index in [-0.39, 0.29) is 17.0 Å². The van der Waals surface area contributed by atoms with E-state index in [2.05, 4.69) is 0 Å². The number of hydrogen-bond donors (Lipinski definition) is 0. The predicted octanol–water partition coefficient (Wildman–Crippen LogP) is 1.44. The second-order valence-corrected chi connectivity index (χ2v) is 6.49. The summed E-state index contributed by atoms with van der Waals surface area (Å²) < 4.78 is 0. The zero-order valence-electron chi connectivity index (χ0n) is 13.1. The van der Waals surface area contributed by atoms with Crippen molar-refractivity contribution in [2.45, 2.75) is 25.8 Å². The minimum Gasteiger partial charge on any atom is -0.327 e. The molecule has 7 nitrogen and oxygen atoms in total. The molecule has 126 valence electrons. The van der Waals surface area contributed by atoms with Crippen LogP contribution in [0.3, 0.4) is 0 Å². The molecule has 1 atom stereocenters. The largest absolute Gasteiger partial charge is 0.356 e. The lowest BCUT2D eigenvalue weighted by molar-refractivity contribution is -0.175. The predicted molar refractivity (Wildman–Crippen MR) is 85.9 cm³/mol. The molecule has 2 aliphatic rings. The molecule has 0 bridgehead atoms. The SMILES string of the molecule is CCCC(=O)N1CSCC1C(=O)ON1C(=O)c2ccccc2C1=O. The van der Waals surface area contributed by atoms with Gasteiger partial charge in [-0.1, -0.05) is 24.1 Å². The Bertz CT molecular complexity index is 685. The third-order valence-electron chi connectivity index (χ3n) is 3.88. The molecule has 1 fully saturated rings. The first-order chi connectivity index (χ1) is 11.5. The maximum atomic E-state index is 12.4. The van der Waals surface area contributed by atoms with Crippen molar-refractivity contribution in [1.82, 2.24) is 9.96 Å². The van der Waals surface area contributed by atoms with Gasteiger partial charge in [-0.05, 0) is 18.6 Å². The zero-order valence-corrected chi connectivity index (χ0v) is 13.9. The molecule has 0 aliphatic carbocycles. The van der Waals surface area contributed by atoms with E-state index in [4.69, 9.17) is 4.84 Å². The Hall–Kier alpha value is -2.35. The molecule has 0 spiro atoms. The molecule has 1 unspecified atom stereocenters. The first-order valence-electron chi connectivity index (χ1n) is 7.61. The van der Waals surface area contributed by atoms with Crippen LogP contribution in [0.5, 0.6) is 0 Å². The van der Waals surface area contributed by atoms with Gasteiger partial charge in [-0.3, -0.25) is 14.4 Å². The van der Waals surface area contributed by atoms with E-state index in [1.807, 2.05) is 6.92 Å².